The smallest absolute Gasteiger partial charge is 0.0331 e. The number of hydrogen-bond acceptors (Lipinski definition) is 2. The minimum Gasteiger partial charge on any atom is -0.297 e. The summed E-state index contributed by atoms with van der Waals surface area (Å²) in [5.74, 6) is 0. The molecule has 0 N–H and O–H groups in total. The summed E-state index contributed by atoms with van der Waals surface area (Å²) in [5, 5.41) is 0. The molecule has 0 saturated carbocycles. The highest BCUT2D eigenvalue weighted by molar-refractivity contribution is 7.12. The second kappa shape index (κ2) is 2.82. The van der Waals surface area contributed by atoms with Gasteiger partial charge in [-0.1, -0.05) is 20.8 Å². The quantitative estimate of drug-likeness (QED) is 0.615. The first-order chi connectivity index (χ1) is 5.97. The molecule has 0 amide bonds. The zero-order valence-electron chi connectivity index (χ0n) is 8.85. The predicted octanol–water partition coefficient (Wildman–Crippen LogP) is 2.99. The highest BCUT2D eigenvalue weighted by atomic mass is 32.1. The van der Waals surface area contributed by atoms with Gasteiger partial charge in [-0.25, -0.2) is 0 Å². The number of hydrogen-bond donors (Lipinski definition) is 0. The molecule has 0 aliphatic carbocycles. The van der Waals surface area contributed by atoms with Crippen molar-refractivity contribution < 1.29 is 0 Å². The maximum atomic E-state index is 2.39. The highest BCUT2D eigenvalue weighted by Crippen LogP contribution is 2.36. The molecule has 72 valence electrons. The molecular formula is C11H17NS. The Labute approximate surface area is 84.4 Å². The predicted molar refractivity (Wildman–Crippen MR) is 58.2 cm³/mol. The molecule has 13 heavy (non-hydrogen) atoms. The second-order valence-electron chi connectivity index (χ2n) is 4.98. The van der Waals surface area contributed by atoms with Crippen molar-refractivity contribution >= 4 is 11.3 Å². The first kappa shape index (κ1) is 9.22. The number of rotatable bonds is 0. The fourth-order valence-corrected chi connectivity index (χ4v) is 3.01. The zero-order valence-corrected chi connectivity index (χ0v) is 9.66. The van der Waals surface area contributed by atoms with Crippen molar-refractivity contribution in [3.05, 3.63) is 21.4 Å². The van der Waals surface area contributed by atoms with E-state index < -0.39 is 0 Å². The van der Waals surface area contributed by atoms with Crippen LogP contribution in [0.1, 0.15) is 36.1 Å². The molecule has 1 aromatic heterocycles. The Morgan fingerprint density at radius 3 is 2.54 bits per heavy atom. The van der Waals surface area contributed by atoms with E-state index in [1.54, 1.807) is 10.4 Å². The third-order valence-electron chi connectivity index (χ3n) is 2.49. The lowest BCUT2D eigenvalue weighted by atomic mass is 9.94. The summed E-state index contributed by atoms with van der Waals surface area (Å²) in [6.45, 7) is 9.16. The van der Waals surface area contributed by atoms with Crippen molar-refractivity contribution in [3.8, 4) is 0 Å². The van der Waals surface area contributed by atoms with E-state index >= 15 is 0 Å². The largest absolute Gasteiger partial charge is 0.297 e. The number of fused-ring (bicyclic) bond motifs is 1. The average molecular weight is 195 g/mol. The van der Waals surface area contributed by atoms with Gasteiger partial charge < -0.3 is 0 Å². The van der Waals surface area contributed by atoms with Gasteiger partial charge in [0.25, 0.3) is 0 Å². The van der Waals surface area contributed by atoms with Gasteiger partial charge in [0.2, 0.25) is 0 Å². The van der Waals surface area contributed by atoms with Crippen LogP contribution in [-0.4, -0.2) is 11.9 Å². The second-order valence-corrected chi connectivity index (χ2v) is 6.12. The minimum absolute atomic E-state index is 0.327. The summed E-state index contributed by atoms with van der Waals surface area (Å²) in [4.78, 5) is 5.48. The molecule has 0 bridgehead atoms. The Balaban J connectivity index is 2.32. The molecule has 1 aliphatic rings. The minimum atomic E-state index is 0.327. The summed E-state index contributed by atoms with van der Waals surface area (Å²) in [7, 11) is 2.18. The monoisotopic (exact) mass is 195 g/mol. The molecule has 2 heteroatoms. The molecule has 2 rings (SSSR count). The van der Waals surface area contributed by atoms with Gasteiger partial charge in [0.1, 0.15) is 0 Å². The van der Waals surface area contributed by atoms with Gasteiger partial charge in [-0.15, -0.1) is 11.3 Å². The van der Waals surface area contributed by atoms with E-state index in [9.17, 15) is 0 Å². The van der Waals surface area contributed by atoms with Gasteiger partial charge in [0.05, 0.1) is 0 Å². The Kier molecular flexibility index (Phi) is 2.00. The van der Waals surface area contributed by atoms with Crippen molar-refractivity contribution in [2.24, 2.45) is 0 Å². The Morgan fingerprint density at radius 1 is 1.31 bits per heavy atom. The molecular weight excluding hydrogens is 178 g/mol. The Hall–Kier alpha value is -0.340. The third kappa shape index (κ3) is 1.65. The van der Waals surface area contributed by atoms with Crippen LogP contribution in [0, 0.1) is 0 Å². The summed E-state index contributed by atoms with van der Waals surface area (Å²) < 4.78 is 0. The van der Waals surface area contributed by atoms with E-state index in [0.29, 0.717) is 5.41 Å². The normalized spacial score (nSPS) is 17.8. The van der Waals surface area contributed by atoms with Gasteiger partial charge in [-0.05, 0) is 24.1 Å². The zero-order chi connectivity index (χ0) is 9.64. The Morgan fingerprint density at radius 2 is 2.00 bits per heavy atom. The molecule has 1 nitrogen and oxygen atoms in total. The molecule has 0 radical (unpaired) electrons. The van der Waals surface area contributed by atoms with Gasteiger partial charge in [0, 0.05) is 22.8 Å². The summed E-state index contributed by atoms with van der Waals surface area (Å²) >= 11 is 1.99. The van der Waals surface area contributed by atoms with Crippen LogP contribution in [0.2, 0.25) is 0 Å². The van der Waals surface area contributed by atoms with E-state index in [4.69, 9.17) is 0 Å². The maximum absolute atomic E-state index is 2.39. The topological polar surface area (TPSA) is 3.24 Å². The van der Waals surface area contributed by atoms with E-state index in [-0.39, 0.29) is 0 Å². The first-order valence-electron chi connectivity index (χ1n) is 4.77. The lowest BCUT2D eigenvalue weighted by Crippen LogP contribution is -2.10. The fraction of sp³-hybridized carbons (Fsp3) is 0.636. The SMILES string of the molecule is CN1Cc2cc(C(C)(C)C)sc2C1. The van der Waals surface area contributed by atoms with Gasteiger partial charge in [-0.3, -0.25) is 4.90 Å². The molecule has 0 saturated heterocycles. The molecule has 2 heterocycles. The van der Waals surface area contributed by atoms with Crippen LogP contribution in [0.15, 0.2) is 6.07 Å². The van der Waals surface area contributed by atoms with E-state index in [1.165, 1.54) is 4.88 Å². The first-order valence-corrected chi connectivity index (χ1v) is 5.59. The molecule has 1 aliphatic heterocycles. The molecule has 0 spiro atoms. The molecule has 0 fully saturated rings. The van der Waals surface area contributed by atoms with Crippen molar-refractivity contribution in [1.82, 2.24) is 4.90 Å². The van der Waals surface area contributed by atoms with E-state index in [2.05, 4.69) is 38.8 Å². The maximum Gasteiger partial charge on any atom is 0.0331 e. The van der Waals surface area contributed by atoms with Crippen molar-refractivity contribution in [2.75, 3.05) is 7.05 Å². The highest BCUT2D eigenvalue weighted by Gasteiger charge is 2.23. The van der Waals surface area contributed by atoms with E-state index in [0.717, 1.165) is 13.1 Å². The van der Waals surface area contributed by atoms with Crippen molar-refractivity contribution in [1.29, 1.82) is 0 Å². The molecule has 0 aromatic carbocycles. The number of nitrogens with zero attached hydrogens (tertiary/aromatic N) is 1. The summed E-state index contributed by atoms with van der Waals surface area (Å²) in [6, 6.07) is 2.39. The molecule has 1 aromatic rings. The van der Waals surface area contributed by atoms with Crippen molar-refractivity contribution in [2.45, 2.75) is 39.3 Å². The van der Waals surface area contributed by atoms with Crippen LogP contribution >= 0.6 is 11.3 Å². The molecule has 0 unspecified atom stereocenters. The summed E-state index contributed by atoms with van der Waals surface area (Å²) in [5.41, 5.74) is 1.88. The van der Waals surface area contributed by atoms with Gasteiger partial charge in [-0.2, -0.15) is 0 Å². The van der Waals surface area contributed by atoms with Crippen LogP contribution in [-0.2, 0) is 18.5 Å². The van der Waals surface area contributed by atoms with Crippen LogP contribution in [0.4, 0.5) is 0 Å². The lowest BCUT2D eigenvalue weighted by molar-refractivity contribution is 0.354. The lowest BCUT2D eigenvalue weighted by Gasteiger charge is -2.16. The van der Waals surface area contributed by atoms with Crippen LogP contribution < -0.4 is 0 Å². The van der Waals surface area contributed by atoms with Crippen LogP contribution in [0.5, 0.6) is 0 Å². The number of thiophene rings is 1. The van der Waals surface area contributed by atoms with Gasteiger partial charge >= 0.3 is 0 Å². The summed E-state index contributed by atoms with van der Waals surface area (Å²) in [6.07, 6.45) is 0. The fourth-order valence-electron chi connectivity index (χ4n) is 1.70. The van der Waals surface area contributed by atoms with Crippen molar-refractivity contribution in [3.63, 3.8) is 0 Å². The Bertz CT molecular complexity index is 296. The third-order valence-corrected chi connectivity index (χ3v) is 4.08. The standard InChI is InChI=1S/C11H17NS/c1-11(2,3)10-5-8-6-12(4)7-9(8)13-10/h5H,6-7H2,1-4H3. The van der Waals surface area contributed by atoms with E-state index in [1.807, 2.05) is 11.3 Å². The van der Waals surface area contributed by atoms with Crippen LogP contribution in [0.25, 0.3) is 0 Å². The molecule has 0 atom stereocenters. The van der Waals surface area contributed by atoms with Crippen LogP contribution in [0.3, 0.4) is 0 Å². The van der Waals surface area contributed by atoms with Gasteiger partial charge in [0.15, 0.2) is 0 Å². The average Bonchev–Trinajstić information content (AvgIpc) is 2.40.